The highest BCUT2D eigenvalue weighted by molar-refractivity contribution is 6.01. The van der Waals surface area contributed by atoms with Gasteiger partial charge in [-0.15, -0.1) is 5.10 Å². The SMILES string of the molecule is Cc1cc(NC(=O)c2ccco2)nnc1C. The van der Waals surface area contributed by atoms with Crippen molar-refractivity contribution in [1.82, 2.24) is 10.2 Å². The lowest BCUT2D eigenvalue weighted by atomic mass is 10.2. The van der Waals surface area contributed by atoms with E-state index in [4.69, 9.17) is 4.42 Å². The highest BCUT2D eigenvalue weighted by Gasteiger charge is 2.09. The largest absolute Gasteiger partial charge is 0.459 e. The summed E-state index contributed by atoms with van der Waals surface area (Å²) in [5.41, 5.74) is 1.82. The number of furan rings is 1. The lowest BCUT2D eigenvalue weighted by molar-refractivity contribution is 0.0996. The van der Waals surface area contributed by atoms with Crippen molar-refractivity contribution < 1.29 is 9.21 Å². The van der Waals surface area contributed by atoms with Crippen LogP contribution in [0.3, 0.4) is 0 Å². The first kappa shape index (κ1) is 10.4. The molecule has 0 atom stereocenters. The van der Waals surface area contributed by atoms with Gasteiger partial charge in [0.25, 0.3) is 5.91 Å². The molecule has 0 bridgehead atoms. The zero-order valence-corrected chi connectivity index (χ0v) is 9.02. The Balaban J connectivity index is 2.15. The molecule has 0 aliphatic rings. The average molecular weight is 217 g/mol. The molecule has 0 aliphatic carbocycles. The molecule has 0 spiro atoms. The van der Waals surface area contributed by atoms with E-state index >= 15 is 0 Å². The topological polar surface area (TPSA) is 68.0 Å². The van der Waals surface area contributed by atoms with Gasteiger partial charge in [-0.1, -0.05) is 0 Å². The van der Waals surface area contributed by atoms with Crippen LogP contribution in [-0.4, -0.2) is 16.1 Å². The normalized spacial score (nSPS) is 10.1. The third-order valence-electron chi connectivity index (χ3n) is 2.22. The van der Waals surface area contributed by atoms with Gasteiger partial charge in [0.05, 0.1) is 12.0 Å². The van der Waals surface area contributed by atoms with Crippen molar-refractivity contribution in [2.75, 3.05) is 5.32 Å². The van der Waals surface area contributed by atoms with Crippen LogP contribution in [0.15, 0.2) is 28.9 Å². The maximum Gasteiger partial charge on any atom is 0.292 e. The maximum absolute atomic E-state index is 11.6. The van der Waals surface area contributed by atoms with Gasteiger partial charge in [-0.2, -0.15) is 5.10 Å². The molecule has 0 unspecified atom stereocenters. The van der Waals surface area contributed by atoms with Gasteiger partial charge in [0.1, 0.15) is 0 Å². The summed E-state index contributed by atoms with van der Waals surface area (Å²) in [6.07, 6.45) is 1.45. The highest BCUT2D eigenvalue weighted by Crippen LogP contribution is 2.09. The van der Waals surface area contributed by atoms with E-state index in [1.165, 1.54) is 6.26 Å². The number of nitrogens with zero attached hydrogens (tertiary/aromatic N) is 2. The molecule has 1 amide bonds. The fraction of sp³-hybridized carbons (Fsp3) is 0.182. The fourth-order valence-corrected chi connectivity index (χ4v) is 1.19. The van der Waals surface area contributed by atoms with E-state index in [0.717, 1.165) is 11.3 Å². The third kappa shape index (κ3) is 2.08. The Hall–Kier alpha value is -2.17. The first-order valence-electron chi connectivity index (χ1n) is 4.82. The standard InChI is InChI=1S/C11H11N3O2/c1-7-6-10(14-13-8(7)2)12-11(15)9-4-3-5-16-9/h3-6H,1-2H3,(H,12,14,15). The second-order valence-electron chi connectivity index (χ2n) is 3.43. The molecule has 0 radical (unpaired) electrons. The monoisotopic (exact) mass is 217 g/mol. The van der Waals surface area contributed by atoms with Crippen molar-refractivity contribution in [3.05, 3.63) is 41.5 Å². The molecule has 1 N–H and O–H groups in total. The Morgan fingerprint density at radius 3 is 2.81 bits per heavy atom. The Labute approximate surface area is 92.5 Å². The lowest BCUT2D eigenvalue weighted by Crippen LogP contribution is -2.13. The second-order valence-corrected chi connectivity index (χ2v) is 3.43. The number of anilines is 1. The number of aromatic nitrogens is 2. The maximum atomic E-state index is 11.6. The van der Waals surface area contributed by atoms with Crippen LogP contribution in [0.2, 0.25) is 0 Å². The molecule has 16 heavy (non-hydrogen) atoms. The van der Waals surface area contributed by atoms with Crippen molar-refractivity contribution in [2.45, 2.75) is 13.8 Å². The van der Waals surface area contributed by atoms with E-state index in [2.05, 4.69) is 15.5 Å². The Bertz CT molecular complexity index is 506. The quantitative estimate of drug-likeness (QED) is 0.834. The molecule has 0 saturated heterocycles. The number of aryl methyl sites for hydroxylation is 2. The number of nitrogens with one attached hydrogen (secondary N) is 1. The van der Waals surface area contributed by atoms with Gasteiger partial charge in [-0.3, -0.25) is 4.79 Å². The number of amides is 1. The highest BCUT2D eigenvalue weighted by atomic mass is 16.3. The molecule has 0 aromatic carbocycles. The average Bonchev–Trinajstić information content (AvgIpc) is 2.77. The van der Waals surface area contributed by atoms with E-state index in [9.17, 15) is 4.79 Å². The fourth-order valence-electron chi connectivity index (χ4n) is 1.19. The molecule has 0 fully saturated rings. The molecule has 82 valence electrons. The molecule has 0 aliphatic heterocycles. The minimum Gasteiger partial charge on any atom is -0.459 e. The molecule has 5 nitrogen and oxygen atoms in total. The molecular weight excluding hydrogens is 206 g/mol. The molecule has 2 aromatic rings. The summed E-state index contributed by atoms with van der Waals surface area (Å²) in [4.78, 5) is 11.6. The van der Waals surface area contributed by atoms with Gasteiger partial charge < -0.3 is 9.73 Å². The number of hydrogen-bond donors (Lipinski definition) is 1. The van der Waals surface area contributed by atoms with Gasteiger partial charge >= 0.3 is 0 Å². The van der Waals surface area contributed by atoms with Gasteiger partial charge in [-0.25, -0.2) is 0 Å². The zero-order valence-electron chi connectivity index (χ0n) is 9.02. The summed E-state index contributed by atoms with van der Waals surface area (Å²) in [5.74, 6) is 0.340. The summed E-state index contributed by atoms with van der Waals surface area (Å²) in [6, 6.07) is 5.01. The van der Waals surface area contributed by atoms with Crippen molar-refractivity contribution in [3.8, 4) is 0 Å². The first-order chi connectivity index (χ1) is 7.66. The van der Waals surface area contributed by atoms with Crippen LogP contribution < -0.4 is 5.32 Å². The number of carbonyl (C=O) groups excluding carboxylic acids is 1. The molecule has 2 aromatic heterocycles. The smallest absolute Gasteiger partial charge is 0.292 e. The van der Waals surface area contributed by atoms with E-state index in [1.807, 2.05) is 13.8 Å². The molecule has 0 saturated carbocycles. The van der Waals surface area contributed by atoms with Crippen molar-refractivity contribution in [3.63, 3.8) is 0 Å². The van der Waals surface area contributed by atoms with Crippen LogP contribution in [0, 0.1) is 13.8 Å². The minimum atomic E-state index is -0.331. The predicted octanol–water partition coefficient (Wildman–Crippen LogP) is 1.94. The molecular formula is C11H11N3O2. The summed E-state index contributed by atoms with van der Waals surface area (Å²) < 4.78 is 4.96. The van der Waals surface area contributed by atoms with E-state index < -0.39 is 0 Å². The third-order valence-corrected chi connectivity index (χ3v) is 2.22. The minimum absolute atomic E-state index is 0.250. The van der Waals surface area contributed by atoms with Crippen molar-refractivity contribution in [2.24, 2.45) is 0 Å². The van der Waals surface area contributed by atoms with Crippen molar-refractivity contribution in [1.29, 1.82) is 0 Å². The van der Waals surface area contributed by atoms with Crippen LogP contribution in [0.4, 0.5) is 5.82 Å². The van der Waals surface area contributed by atoms with E-state index in [-0.39, 0.29) is 11.7 Å². The van der Waals surface area contributed by atoms with Crippen LogP contribution >= 0.6 is 0 Å². The van der Waals surface area contributed by atoms with Gasteiger partial charge in [0.15, 0.2) is 11.6 Å². The van der Waals surface area contributed by atoms with Crippen molar-refractivity contribution >= 4 is 11.7 Å². The number of rotatable bonds is 2. The van der Waals surface area contributed by atoms with Gasteiger partial charge in [-0.05, 0) is 37.6 Å². The van der Waals surface area contributed by atoms with Crippen LogP contribution in [0.25, 0.3) is 0 Å². The van der Waals surface area contributed by atoms with Crippen LogP contribution in [0.5, 0.6) is 0 Å². The lowest BCUT2D eigenvalue weighted by Gasteiger charge is -2.03. The molecule has 2 heterocycles. The first-order valence-corrected chi connectivity index (χ1v) is 4.82. The van der Waals surface area contributed by atoms with Crippen LogP contribution in [0.1, 0.15) is 21.8 Å². The summed E-state index contributed by atoms with van der Waals surface area (Å²) >= 11 is 0. The van der Waals surface area contributed by atoms with Gasteiger partial charge in [0, 0.05) is 0 Å². The zero-order chi connectivity index (χ0) is 11.5. The Morgan fingerprint density at radius 1 is 1.38 bits per heavy atom. The summed E-state index contributed by atoms with van der Waals surface area (Å²) in [6.45, 7) is 3.77. The Morgan fingerprint density at radius 2 is 2.19 bits per heavy atom. The van der Waals surface area contributed by atoms with E-state index in [0.29, 0.717) is 5.82 Å². The summed E-state index contributed by atoms with van der Waals surface area (Å²) in [5, 5.41) is 10.4. The predicted molar refractivity (Wildman–Crippen MR) is 58.2 cm³/mol. The second kappa shape index (κ2) is 4.14. The Kier molecular flexibility index (Phi) is 2.68. The number of hydrogen-bond acceptors (Lipinski definition) is 4. The molecule has 5 heteroatoms. The number of carbonyl (C=O) groups is 1. The molecule has 2 rings (SSSR count). The van der Waals surface area contributed by atoms with Gasteiger partial charge in [0.2, 0.25) is 0 Å². The summed E-state index contributed by atoms with van der Waals surface area (Å²) in [7, 11) is 0. The van der Waals surface area contributed by atoms with Crippen LogP contribution in [-0.2, 0) is 0 Å². The van der Waals surface area contributed by atoms with E-state index in [1.54, 1.807) is 18.2 Å².